The van der Waals surface area contributed by atoms with Crippen LogP contribution in [0, 0.1) is 6.92 Å². The molecule has 1 saturated carbocycles. The maximum absolute atomic E-state index is 5.89. The van der Waals surface area contributed by atoms with Crippen LogP contribution in [-0.2, 0) is 6.54 Å². The number of hydrogen-bond acceptors (Lipinski definition) is 3. The average Bonchev–Trinajstić information content (AvgIpc) is 2.71. The van der Waals surface area contributed by atoms with E-state index in [1.807, 2.05) is 19.1 Å². The molecule has 3 nitrogen and oxygen atoms in total. The Kier molecular flexibility index (Phi) is 3.21. The Morgan fingerprint density at radius 1 is 1.40 bits per heavy atom. The fourth-order valence-electron chi connectivity index (χ4n) is 1.98. The van der Waals surface area contributed by atoms with E-state index < -0.39 is 0 Å². The van der Waals surface area contributed by atoms with Crippen molar-refractivity contribution in [1.29, 1.82) is 0 Å². The second kappa shape index (κ2) is 4.62. The van der Waals surface area contributed by atoms with Crippen molar-refractivity contribution in [1.82, 2.24) is 4.98 Å². The van der Waals surface area contributed by atoms with Gasteiger partial charge in [0.05, 0.1) is 0 Å². The monoisotopic (exact) mass is 206 g/mol. The summed E-state index contributed by atoms with van der Waals surface area (Å²) in [6.45, 7) is 2.47. The van der Waals surface area contributed by atoms with Gasteiger partial charge in [0.15, 0.2) is 0 Å². The van der Waals surface area contributed by atoms with Crippen molar-refractivity contribution in [2.45, 2.75) is 45.3 Å². The Morgan fingerprint density at radius 2 is 2.13 bits per heavy atom. The van der Waals surface area contributed by atoms with E-state index in [1.54, 1.807) is 0 Å². The Morgan fingerprint density at radius 3 is 2.80 bits per heavy atom. The average molecular weight is 206 g/mol. The molecule has 2 N–H and O–H groups in total. The summed E-state index contributed by atoms with van der Waals surface area (Å²) in [7, 11) is 0. The normalized spacial score (nSPS) is 16.9. The predicted octanol–water partition coefficient (Wildman–Crippen LogP) is 2.17. The lowest BCUT2D eigenvalue weighted by atomic mass is 10.2. The number of aryl methyl sites for hydroxylation is 1. The fraction of sp³-hybridized carbons (Fsp3) is 0.583. The Balaban J connectivity index is 2.14. The van der Waals surface area contributed by atoms with E-state index in [-0.39, 0.29) is 0 Å². The van der Waals surface area contributed by atoms with E-state index in [0.717, 1.165) is 30.0 Å². The van der Waals surface area contributed by atoms with Gasteiger partial charge in [0.1, 0.15) is 6.10 Å². The van der Waals surface area contributed by atoms with Crippen LogP contribution in [0.3, 0.4) is 0 Å². The van der Waals surface area contributed by atoms with Gasteiger partial charge in [-0.05, 0) is 38.7 Å². The highest BCUT2D eigenvalue weighted by Crippen LogP contribution is 2.25. The van der Waals surface area contributed by atoms with Gasteiger partial charge in [-0.25, -0.2) is 4.98 Å². The largest absolute Gasteiger partial charge is 0.474 e. The molecule has 1 fully saturated rings. The van der Waals surface area contributed by atoms with Crippen LogP contribution < -0.4 is 10.5 Å². The molecule has 1 aromatic rings. The van der Waals surface area contributed by atoms with E-state index in [2.05, 4.69) is 4.98 Å². The van der Waals surface area contributed by atoms with Crippen LogP contribution in [0.15, 0.2) is 12.1 Å². The van der Waals surface area contributed by atoms with E-state index in [1.165, 1.54) is 12.8 Å². The molecule has 0 spiro atoms. The number of nitrogens with two attached hydrogens (primary N) is 1. The Bertz CT molecular complexity index is 332. The lowest BCUT2D eigenvalue weighted by molar-refractivity contribution is 0.199. The van der Waals surface area contributed by atoms with Crippen molar-refractivity contribution in [2.75, 3.05) is 0 Å². The number of pyridine rings is 1. The number of aromatic nitrogens is 1. The first-order valence-corrected chi connectivity index (χ1v) is 5.63. The van der Waals surface area contributed by atoms with E-state index in [0.29, 0.717) is 12.6 Å². The molecule has 15 heavy (non-hydrogen) atoms. The molecule has 0 aliphatic heterocycles. The summed E-state index contributed by atoms with van der Waals surface area (Å²) < 4.78 is 5.89. The first-order chi connectivity index (χ1) is 7.29. The summed E-state index contributed by atoms with van der Waals surface area (Å²) >= 11 is 0. The van der Waals surface area contributed by atoms with E-state index in [4.69, 9.17) is 10.5 Å². The van der Waals surface area contributed by atoms with Crippen LogP contribution in [0.4, 0.5) is 0 Å². The molecule has 0 radical (unpaired) electrons. The molecule has 0 saturated heterocycles. The van der Waals surface area contributed by atoms with Crippen molar-refractivity contribution in [3.8, 4) is 5.88 Å². The van der Waals surface area contributed by atoms with Crippen LogP contribution in [0.25, 0.3) is 0 Å². The molecule has 1 heterocycles. The van der Waals surface area contributed by atoms with Crippen molar-refractivity contribution in [2.24, 2.45) is 5.73 Å². The second-order valence-corrected chi connectivity index (χ2v) is 4.15. The number of hydrogen-bond donors (Lipinski definition) is 1. The first-order valence-electron chi connectivity index (χ1n) is 5.63. The molecular weight excluding hydrogens is 188 g/mol. The second-order valence-electron chi connectivity index (χ2n) is 4.15. The van der Waals surface area contributed by atoms with Gasteiger partial charge in [-0.3, -0.25) is 0 Å². The van der Waals surface area contributed by atoms with Gasteiger partial charge in [-0.15, -0.1) is 0 Å². The number of ether oxygens (including phenoxy) is 1. The summed E-state index contributed by atoms with van der Waals surface area (Å²) in [5, 5.41) is 0. The third-order valence-corrected chi connectivity index (χ3v) is 2.88. The fourth-order valence-corrected chi connectivity index (χ4v) is 1.98. The van der Waals surface area contributed by atoms with Crippen molar-refractivity contribution < 1.29 is 4.74 Å². The summed E-state index contributed by atoms with van der Waals surface area (Å²) in [4.78, 5) is 4.41. The highest BCUT2D eigenvalue weighted by atomic mass is 16.5. The van der Waals surface area contributed by atoms with Gasteiger partial charge in [-0.2, -0.15) is 0 Å². The smallest absolute Gasteiger partial charge is 0.218 e. The molecule has 0 atom stereocenters. The molecule has 1 aliphatic carbocycles. The molecule has 0 amide bonds. The van der Waals surface area contributed by atoms with Gasteiger partial charge in [0.25, 0.3) is 0 Å². The predicted molar refractivity (Wildman–Crippen MR) is 59.7 cm³/mol. The lowest BCUT2D eigenvalue weighted by Crippen LogP contribution is -2.14. The minimum Gasteiger partial charge on any atom is -0.474 e. The molecule has 0 unspecified atom stereocenters. The maximum Gasteiger partial charge on any atom is 0.218 e. The van der Waals surface area contributed by atoms with Gasteiger partial charge in [0, 0.05) is 17.8 Å². The Hall–Kier alpha value is -1.09. The number of rotatable bonds is 3. The summed E-state index contributed by atoms with van der Waals surface area (Å²) in [6, 6.07) is 3.98. The third kappa shape index (κ3) is 2.48. The minimum absolute atomic E-state index is 0.351. The summed E-state index contributed by atoms with van der Waals surface area (Å²) in [5.41, 5.74) is 7.65. The molecule has 0 aromatic carbocycles. The minimum atomic E-state index is 0.351. The SMILES string of the molecule is Cc1ccc(CN)c(OC2CCCC2)n1. The van der Waals surface area contributed by atoms with Crippen molar-refractivity contribution in [3.05, 3.63) is 23.4 Å². The van der Waals surface area contributed by atoms with Crippen molar-refractivity contribution >= 4 is 0 Å². The van der Waals surface area contributed by atoms with E-state index in [9.17, 15) is 0 Å². The standard InChI is InChI=1S/C12H18N2O/c1-9-6-7-10(8-13)12(14-9)15-11-4-2-3-5-11/h6-7,11H,2-5,8,13H2,1H3. The molecule has 0 bridgehead atoms. The maximum atomic E-state index is 5.89. The quantitative estimate of drug-likeness (QED) is 0.824. The van der Waals surface area contributed by atoms with Crippen LogP contribution in [-0.4, -0.2) is 11.1 Å². The van der Waals surface area contributed by atoms with Gasteiger partial charge in [-0.1, -0.05) is 6.07 Å². The number of nitrogens with zero attached hydrogens (tertiary/aromatic N) is 1. The molecule has 3 heteroatoms. The molecular formula is C12H18N2O. The molecule has 1 aromatic heterocycles. The van der Waals surface area contributed by atoms with Crippen LogP contribution in [0.1, 0.15) is 36.9 Å². The van der Waals surface area contributed by atoms with Gasteiger partial charge in [0.2, 0.25) is 5.88 Å². The molecule has 2 rings (SSSR count). The lowest BCUT2D eigenvalue weighted by Gasteiger charge is -2.15. The van der Waals surface area contributed by atoms with Crippen molar-refractivity contribution in [3.63, 3.8) is 0 Å². The topological polar surface area (TPSA) is 48.1 Å². The zero-order chi connectivity index (χ0) is 10.7. The first kappa shape index (κ1) is 10.4. The highest BCUT2D eigenvalue weighted by molar-refractivity contribution is 5.28. The summed E-state index contributed by atoms with van der Waals surface area (Å²) in [5.74, 6) is 0.740. The van der Waals surface area contributed by atoms with Crippen LogP contribution in [0.5, 0.6) is 5.88 Å². The van der Waals surface area contributed by atoms with Gasteiger partial charge >= 0.3 is 0 Å². The molecule has 82 valence electrons. The van der Waals surface area contributed by atoms with E-state index >= 15 is 0 Å². The van der Waals surface area contributed by atoms with Crippen LogP contribution >= 0.6 is 0 Å². The molecule has 1 aliphatic rings. The zero-order valence-electron chi connectivity index (χ0n) is 9.20. The van der Waals surface area contributed by atoms with Gasteiger partial charge < -0.3 is 10.5 Å². The summed E-state index contributed by atoms with van der Waals surface area (Å²) in [6.07, 6.45) is 5.20. The Labute approximate surface area is 90.7 Å². The third-order valence-electron chi connectivity index (χ3n) is 2.88. The highest BCUT2D eigenvalue weighted by Gasteiger charge is 2.18. The van der Waals surface area contributed by atoms with Crippen LogP contribution in [0.2, 0.25) is 0 Å². The zero-order valence-corrected chi connectivity index (χ0v) is 9.20.